The van der Waals surface area contributed by atoms with Gasteiger partial charge in [-0.2, -0.15) is 0 Å². The Labute approximate surface area is 116 Å². The number of nitrogens with one attached hydrogen (secondary N) is 1. The lowest BCUT2D eigenvalue weighted by Crippen LogP contribution is -2.11. The van der Waals surface area contributed by atoms with E-state index in [1.807, 2.05) is 18.2 Å². The lowest BCUT2D eigenvalue weighted by atomic mass is 10.3. The highest BCUT2D eigenvalue weighted by molar-refractivity contribution is 14.1. The van der Waals surface area contributed by atoms with Crippen LogP contribution in [0.25, 0.3) is 0 Å². The molecule has 5 heteroatoms. The molecule has 0 aliphatic heterocycles. The summed E-state index contributed by atoms with van der Waals surface area (Å²) in [6.07, 6.45) is 1.16. The molecule has 0 aromatic heterocycles. The van der Waals surface area contributed by atoms with Crippen molar-refractivity contribution in [3.63, 3.8) is 0 Å². The second kappa shape index (κ2) is 6.70. The van der Waals surface area contributed by atoms with E-state index in [1.165, 1.54) is 0 Å². The summed E-state index contributed by atoms with van der Waals surface area (Å²) in [6, 6.07) is 5.78. The summed E-state index contributed by atoms with van der Waals surface area (Å²) in [5.41, 5.74) is 0.801. The van der Waals surface area contributed by atoms with Crippen LogP contribution in [0.3, 0.4) is 0 Å². The summed E-state index contributed by atoms with van der Waals surface area (Å²) in [5.74, 6) is 0.513. The smallest absolute Gasteiger partial charge is 0.224 e. The zero-order chi connectivity index (χ0) is 11.3. The minimum absolute atomic E-state index is 0.00226. The van der Waals surface area contributed by atoms with Gasteiger partial charge in [0.15, 0.2) is 0 Å². The van der Waals surface area contributed by atoms with Crippen molar-refractivity contribution in [2.75, 3.05) is 11.2 Å². The van der Waals surface area contributed by atoms with E-state index in [9.17, 15) is 4.79 Å². The van der Waals surface area contributed by atoms with Crippen LogP contribution >= 0.6 is 50.1 Å². The van der Waals surface area contributed by atoms with Gasteiger partial charge in [0.1, 0.15) is 0 Å². The van der Waals surface area contributed by atoms with Crippen LogP contribution in [0.1, 0.15) is 12.8 Å². The first-order chi connectivity index (χ1) is 7.13. The number of hydrogen-bond acceptors (Lipinski definition) is 1. The summed E-state index contributed by atoms with van der Waals surface area (Å²) in [5, 5.41) is 2.82. The molecule has 1 amide bonds. The summed E-state index contributed by atoms with van der Waals surface area (Å²) < 4.78 is 2.02. The quantitative estimate of drug-likeness (QED) is 0.598. The zero-order valence-corrected chi connectivity index (χ0v) is 12.4. The number of benzene rings is 1. The van der Waals surface area contributed by atoms with Gasteiger partial charge in [-0.05, 0) is 63.1 Å². The molecule has 15 heavy (non-hydrogen) atoms. The number of anilines is 1. The monoisotopic (exact) mass is 401 g/mol. The molecule has 0 bridgehead atoms. The molecule has 82 valence electrons. The molecule has 0 heterocycles. The van der Waals surface area contributed by atoms with Gasteiger partial charge in [-0.1, -0.05) is 0 Å². The molecular weight excluding hydrogens is 392 g/mol. The maximum atomic E-state index is 11.4. The summed E-state index contributed by atoms with van der Waals surface area (Å²) in [4.78, 5) is 11.4. The molecule has 0 saturated carbocycles. The highest BCUT2D eigenvalue weighted by Crippen LogP contribution is 2.24. The Bertz CT molecular complexity index is 359. The number of hydrogen-bond donors (Lipinski definition) is 1. The minimum atomic E-state index is -0.00226. The normalized spacial score (nSPS) is 10.1. The third kappa shape index (κ3) is 4.70. The molecule has 0 unspecified atom stereocenters. The van der Waals surface area contributed by atoms with Gasteiger partial charge in [0, 0.05) is 20.3 Å². The standard InChI is InChI=1S/C10H10BrClINO/c11-8-6-7(13)3-4-9(8)14-10(15)2-1-5-12/h3-4,6H,1-2,5H2,(H,14,15). The van der Waals surface area contributed by atoms with Gasteiger partial charge in [-0.25, -0.2) is 0 Å². The maximum Gasteiger partial charge on any atom is 0.224 e. The first-order valence-electron chi connectivity index (χ1n) is 4.44. The average Bonchev–Trinajstić information content (AvgIpc) is 2.19. The first kappa shape index (κ1) is 13.3. The van der Waals surface area contributed by atoms with Crippen molar-refractivity contribution in [3.05, 3.63) is 26.2 Å². The van der Waals surface area contributed by atoms with Gasteiger partial charge in [0.25, 0.3) is 0 Å². The molecule has 2 nitrogen and oxygen atoms in total. The molecule has 0 radical (unpaired) electrons. The van der Waals surface area contributed by atoms with E-state index in [2.05, 4.69) is 43.8 Å². The number of alkyl halides is 1. The summed E-state index contributed by atoms with van der Waals surface area (Å²) >= 11 is 11.1. The third-order valence-electron chi connectivity index (χ3n) is 1.74. The zero-order valence-electron chi connectivity index (χ0n) is 7.90. The summed E-state index contributed by atoms with van der Waals surface area (Å²) in [7, 11) is 0. The first-order valence-corrected chi connectivity index (χ1v) is 6.85. The maximum absolute atomic E-state index is 11.4. The number of amides is 1. The number of carbonyl (C=O) groups excluding carboxylic acids is 1. The van der Waals surface area contributed by atoms with E-state index in [1.54, 1.807) is 0 Å². The average molecular weight is 402 g/mol. The second-order valence-corrected chi connectivity index (χ2v) is 5.44. The lowest BCUT2D eigenvalue weighted by Gasteiger charge is -2.06. The van der Waals surface area contributed by atoms with E-state index in [0.29, 0.717) is 18.7 Å². The molecule has 0 fully saturated rings. The molecular formula is C10H10BrClINO. The SMILES string of the molecule is O=C(CCCCl)Nc1ccc(I)cc1Br. The molecule has 0 atom stereocenters. The predicted octanol–water partition coefficient (Wildman–Crippen LogP) is 4.01. The second-order valence-electron chi connectivity index (χ2n) is 2.96. The molecule has 0 saturated heterocycles. The topological polar surface area (TPSA) is 29.1 Å². The van der Waals surface area contributed by atoms with E-state index >= 15 is 0 Å². The molecule has 0 aliphatic carbocycles. The van der Waals surface area contributed by atoms with Gasteiger partial charge >= 0.3 is 0 Å². The number of carbonyl (C=O) groups is 1. The Kier molecular flexibility index (Phi) is 5.92. The number of halogens is 3. The van der Waals surface area contributed by atoms with Crippen LogP contribution in [0.5, 0.6) is 0 Å². The van der Waals surface area contributed by atoms with E-state index in [4.69, 9.17) is 11.6 Å². The Morgan fingerprint density at radius 2 is 2.27 bits per heavy atom. The van der Waals surface area contributed by atoms with Gasteiger partial charge in [0.05, 0.1) is 5.69 Å². The largest absolute Gasteiger partial charge is 0.325 e. The highest BCUT2D eigenvalue weighted by atomic mass is 127. The van der Waals surface area contributed by atoms with Crippen molar-refractivity contribution < 1.29 is 4.79 Å². The fourth-order valence-corrected chi connectivity index (χ4v) is 2.56. The van der Waals surface area contributed by atoms with Gasteiger partial charge < -0.3 is 5.32 Å². The Morgan fingerprint density at radius 1 is 1.53 bits per heavy atom. The van der Waals surface area contributed by atoms with Crippen molar-refractivity contribution in [2.24, 2.45) is 0 Å². The van der Waals surface area contributed by atoms with Crippen LogP contribution in [0.15, 0.2) is 22.7 Å². The third-order valence-corrected chi connectivity index (χ3v) is 3.34. The Hall–Kier alpha value is 0.190. The fraction of sp³-hybridized carbons (Fsp3) is 0.300. The molecule has 1 N–H and O–H groups in total. The van der Waals surface area contributed by atoms with Crippen molar-refractivity contribution >= 4 is 61.7 Å². The highest BCUT2D eigenvalue weighted by Gasteiger charge is 2.05. The fourth-order valence-electron chi connectivity index (χ4n) is 1.03. The van der Waals surface area contributed by atoms with Crippen LogP contribution < -0.4 is 5.32 Å². The van der Waals surface area contributed by atoms with E-state index in [0.717, 1.165) is 13.7 Å². The van der Waals surface area contributed by atoms with Gasteiger partial charge in [-0.3, -0.25) is 4.79 Å². The van der Waals surface area contributed by atoms with Crippen LogP contribution in [0.2, 0.25) is 0 Å². The van der Waals surface area contributed by atoms with Crippen molar-refractivity contribution in [2.45, 2.75) is 12.8 Å². The molecule has 1 aromatic rings. The minimum Gasteiger partial charge on any atom is -0.325 e. The lowest BCUT2D eigenvalue weighted by molar-refractivity contribution is -0.116. The van der Waals surface area contributed by atoms with Crippen LogP contribution in [-0.4, -0.2) is 11.8 Å². The van der Waals surface area contributed by atoms with E-state index < -0.39 is 0 Å². The Balaban J connectivity index is 2.60. The molecule has 1 rings (SSSR count). The van der Waals surface area contributed by atoms with Crippen LogP contribution in [0.4, 0.5) is 5.69 Å². The van der Waals surface area contributed by atoms with Crippen molar-refractivity contribution in [1.82, 2.24) is 0 Å². The van der Waals surface area contributed by atoms with Gasteiger partial charge in [0.2, 0.25) is 5.91 Å². The molecule has 0 spiro atoms. The molecule has 1 aromatic carbocycles. The number of rotatable bonds is 4. The Morgan fingerprint density at radius 3 is 2.87 bits per heavy atom. The van der Waals surface area contributed by atoms with Crippen molar-refractivity contribution in [3.8, 4) is 0 Å². The predicted molar refractivity (Wildman–Crippen MR) is 75.4 cm³/mol. The molecule has 0 aliphatic rings. The van der Waals surface area contributed by atoms with Crippen molar-refractivity contribution in [1.29, 1.82) is 0 Å². The van der Waals surface area contributed by atoms with Crippen LogP contribution in [0, 0.1) is 3.57 Å². The summed E-state index contributed by atoms with van der Waals surface area (Å²) in [6.45, 7) is 0. The van der Waals surface area contributed by atoms with Gasteiger partial charge in [-0.15, -0.1) is 11.6 Å². The van der Waals surface area contributed by atoms with E-state index in [-0.39, 0.29) is 5.91 Å². The van der Waals surface area contributed by atoms with Crippen LogP contribution in [-0.2, 0) is 4.79 Å².